The summed E-state index contributed by atoms with van der Waals surface area (Å²) in [5, 5.41) is 0. The highest BCUT2D eigenvalue weighted by atomic mass is 32.2. The predicted molar refractivity (Wildman–Crippen MR) is 62.5 cm³/mol. The molecule has 0 amide bonds. The third kappa shape index (κ3) is 3.86. The van der Waals surface area contributed by atoms with Crippen molar-refractivity contribution in [3.05, 3.63) is 35.9 Å². The third-order valence-corrected chi connectivity index (χ3v) is 3.52. The van der Waals surface area contributed by atoms with Crippen LogP contribution >= 0.6 is 11.8 Å². The Kier molecular flexibility index (Phi) is 4.99. The lowest BCUT2D eigenvalue weighted by atomic mass is 10.0. The van der Waals surface area contributed by atoms with Crippen LogP contribution in [0.1, 0.15) is 31.7 Å². The molecule has 72 valence electrons. The monoisotopic (exact) mass is 194 g/mol. The summed E-state index contributed by atoms with van der Waals surface area (Å²) in [7, 11) is 0. The fourth-order valence-corrected chi connectivity index (χ4v) is 2.28. The summed E-state index contributed by atoms with van der Waals surface area (Å²) >= 11 is 2.06. The highest BCUT2D eigenvalue weighted by Crippen LogP contribution is 2.19. The Balaban J connectivity index is 2.35. The van der Waals surface area contributed by atoms with Gasteiger partial charge in [0.2, 0.25) is 0 Å². The highest BCUT2D eigenvalue weighted by Gasteiger charge is 2.03. The van der Waals surface area contributed by atoms with Crippen LogP contribution in [0.5, 0.6) is 0 Å². The number of thioether (sulfide) groups is 1. The number of hydrogen-bond donors (Lipinski definition) is 0. The average Bonchev–Trinajstić information content (AvgIpc) is 2.19. The lowest BCUT2D eigenvalue weighted by molar-refractivity contribution is 0.879. The molecule has 1 atom stereocenters. The van der Waals surface area contributed by atoms with Crippen molar-refractivity contribution in [3.8, 4) is 0 Å². The first-order valence-electron chi connectivity index (χ1n) is 4.97. The van der Waals surface area contributed by atoms with E-state index in [1.54, 1.807) is 0 Å². The van der Waals surface area contributed by atoms with E-state index in [1.807, 2.05) is 0 Å². The Bertz CT molecular complexity index is 218. The van der Waals surface area contributed by atoms with Crippen molar-refractivity contribution in [2.24, 2.45) is 0 Å². The van der Waals surface area contributed by atoms with Gasteiger partial charge >= 0.3 is 0 Å². The topological polar surface area (TPSA) is 0 Å². The summed E-state index contributed by atoms with van der Waals surface area (Å²) < 4.78 is 0. The Hall–Kier alpha value is -0.430. The van der Waals surface area contributed by atoms with Crippen LogP contribution in [0.15, 0.2) is 30.3 Å². The quantitative estimate of drug-likeness (QED) is 0.640. The molecule has 0 saturated carbocycles. The summed E-state index contributed by atoms with van der Waals surface area (Å²) in [6, 6.07) is 10.8. The van der Waals surface area contributed by atoms with Gasteiger partial charge in [0.25, 0.3) is 0 Å². The van der Waals surface area contributed by atoms with Gasteiger partial charge in [0.1, 0.15) is 0 Å². The minimum Gasteiger partial charge on any atom is -0.161 e. The van der Waals surface area contributed by atoms with Crippen molar-refractivity contribution in [1.29, 1.82) is 0 Å². The van der Waals surface area contributed by atoms with Crippen molar-refractivity contribution >= 4 is 11.8 Å². The van der Waals surface area contributed by atoms with Crippen LogP contribution in [0.2, 0.25) is 0 Å². The van der Waals surface area contributed by atoms with E-state index >= 15 is 0 Å². The molecule has 1 aromatic rings. The van der Waals surface area contributed by atoms with Crippen LogP contribution in [0, 0.1) is 0 Å². The highest BCUT2D eigenvalue weighted by molar-refractivity contribution is 7.99. The predicted octanol–water partition coefficient (Wildman–Crippen LogP) is 3.93. The molecule has 0 aliphatic carbocycles. The van der Waals surface area contributed by atoms with E-state index in [0.717, 1.165) is 0 Å². The summed E-state index contributed by atoms with van der Waals surface area (Å²) in [6.07, 6.45) is 1.28. The zero-order valence-electron chi connectivity index (χ0n) is 8.49. The first-order chi connectivity index (χ1) is 6.34. The molecule has 0 radical (unpaired) electrons. The van der Waals surface area contributed by atoms with Crippen LogP contribution in [-0.2, 0) is 0 Å². The maximum atomic E-state index is 2.30. The van der Waals surface area contributed by atoms with Gasteiger partial charge in [-0.2, -0.15) is 11.8 Å². The minimum atomic E-state index is 0.692. The molecule has 0 nitrogen and oxygen atoms in total. The van der Waals surface area contributed by atoms with E-state index in [-0.39, 0.29) is 0 Å². The van der Waals surface area contributed by atoms with Gasteiger partial charge in [0.05, 0.1) is 0 Å². The Morgan fingerprint density at radius 2 is 1.92 bits per heavy atom. The molecule has 13 heavy (non-hydrogen) atoms. The van der Waals surface area contributed by atoms with Crippen LogP contribution < -0.4 is 0 Å². The number of benzene rings is 1. The lowest BCUT2D eigenvalue weighted by Gasteiger charge is -2.10. The summed E-state index contributed by atoms with van der Waals surface area (Å²) in [5.41, 5.74) is 1.46. The van der Waals surface area contributed by atoms with Crippen molar-refractivity contribution < 1.29 is 0 Å². The Labute approximate surface area is 85.7 Å². The summed E-state index contributed by atoms with van der Waals surface area (Å²) in [6.45, 7) is 4.54. The van der Waals surface area contributed by atoms with Crippen LogP contribution in [-0.4, -0.2) is 11.5 Å². The van der Waals surface area contributed by atoms with Gasteiger partial charge in [-0.1, -0.05) is 44.2 Å². The molecule has 0 bridgehead atoms. The molecule has 0 saturated heterocycles. The molecule has 0 N–H and O–H groups in total. The largest absolute Gasteiger partial charge is 0.161 e. The van der Waals surface area contributed by atoms with Gasteiger partial charge < -0.3 is 0 Å². The molecular formula is C12H18S. The molecule has 0 spiro atoms. The maximum absolute atomic E-state index is 2.30. The third-order valence-electron chi connectivity index (χ3n) is 2.08. The first kappa shape index (κ1) is 10.6. The fourth-order valence-electron chi connectivity index (χ4n) is 1.28. The van der Waals surface area contributed by atoms with Crippen LogP contribution in [0.3, 0.4) is 0 Å². The molecule has 1 heteroatoms. The maximum Gasteiger partial charge on any atom is -0.000119 e. The standard InChI is InChI=1S/C12H18S/c1-3-9-13-10-11(2)12-7-5-4-6-8-12/h4-8,11H,3,9-10H2,1-2H3. The smallest absolute Gasteiger partial charge is 0.000119 e. The van der Waals surface area contributed by atoms with E-state index < -0.39 is 0 Å². The van der Waals surface area contributed by atoms with Crippen molar-refractivity contribution in [3.63, 3.8) is 0 Å². The molecule has 1 rings (SSSR count). The van der Waals surface area contributed by atoms with E-state index in [4.69, 9.17) is 0 Å². The van der Waals surface area contributed by atoms with Gasteiger partial charge in [0, 0.05) is 0 Å². The fraction of sp³-hybridized carbons (Fsp3) is 0.500. The second-order valence-electron chi connectivity index (χ2n) is 3.39. The normalized spacial score (nSPS) is 12.8. The van der Waals surface area contributed by atoms with Gasteiger partial charge in [-0.3, -0.25) is 0 Å². The number of hydrogen-bond acceptors (Lipinski definition) is 1. The molecule has 0 fully saturated rings. The van der Waals surface area contributed by atoms with Crippen LogP contribution in [0.25, 0.3) is 0 Å². The van der Waals surface area contributed by atoms with E-state index in [0.29, 0.717) is 5.92 Å². The zero-order valence-corrected chi connectivity index (χ0v) is 9.31. The van der Waals surface area contributed by atoms with Gasteiger partial charge in [-0.15, -0.1) is 0 Å². The van der Waals surface area contributed by atoms with Crippen molar-refractivity contribution in [2.75, 3.05) is 11.5 Å². The summed E-state index contributed by atoms with van der Waals surface area (Å²) in [5.74, 6) is 3.23. The SMILES string of the molecule is CCCSCC(C)c1ccccc1. The van der Waals surface area contributed by atoms with E-state index in [2.05, 4.69) is 55.9 Å². The molecule has 0 heterocycles. The number of rotatable bonds is 5. The van der Waals surface area contributed by atoms with Crippen molar-refractivity contribution in [1.82, 2.24) is 0 Å². The van der Waals surface area contributed by atoms with E-state index in [9.17, 15) is 0 Å². The Morgan fingerprint density at radius 1 is 1.23 bits per heavy atom. The van der Waals surface area contributed by atoms with Gasteiger partial charge in [-0.05, 0) is 29.4 Å². The van der Waals surface area contributed by atoms with Crippen LogP contribution in [0.4, 0.5) is 0 Å². The lowest BCUT2D eigenvalue weighted by Crippen LogP contribution is -1.96. The minimum absolute atomic E-state index is 0.692. The summed E-state index contributed by atoms with van der Waals surface area (Å²) in [4.78, 5) is 0. The second kappa shape index (κ2) is 6.09. The Morgan fingerprint density at radius 3 is 2.54 bits per heavy atom. The first-order valence-corrected chi connectivity index (χ1v) is 6.12. The molecule has 0 aliphatic heterocycles. The van der Waals surface area contributed by atoms with Gasteiger partial charge in [0.15, 0.2) is 0 Å². The van der Waals surface area contributed by atoms with E-state index in [1.165, 1.54) is 23.5 Å². The molecule has 1 unspecified atom stereocenters. The average molecular weight is 194 g/mol. The van der Waals surface area contributed by atoms with Gasteiger partial charge in [-0.25, -0.2) is 0 Å². The molecule has 0 aliphatic rings. The molecule has 1 aromatic carbocycles. The molecular weight excluding hydrogens is 176 g/mol. The van der Waals surface area contributed by atoms with Crippen molar-refractivity contribution in [2.45, 2.75) is 26.2 Å². The zero-order chi connectivity index (χ0) is 9.52. The second-order valence-corrected chi connectivity index (χ2v) is 4.54. The molecule has 0 aromatic heterocycles.